The first-order valence-electron chi connectivity index (χ1n) is 7.82. The maximum atomic E-state index is 12.1. The fourth-order valence-electron chi connectivity index (χ4n) is 2.01. The Hall–Kier alpha value is -2.66. The van der Waals surface area contributed by atoms with E-state index in [0.717, 1.165) is 17.7 Å². The predicted octanol–water partition coefficient (Wildman–Crippen LogP) is 2.98. The first kappa shape index (κ1) is 17.7. The Morgan fingerprint density at radius 2 is 2.17 bits per heavy atom. The number of benzene rings is 1. The highest BCUT2D eigenvalue weighted by molar-refractivity contribution is 6.02. The molecule has 0 saturated heterocycles. The molecule has 1 heterocycles. The van der Waals surface area contributed by atoms with E-state index < -0.39 is 0 Å². The summed E-state index contributed by atoms with van der Waals surface area (Å²) in [5.41, 5.74) is 2.62. The summed E-state index contributed by atoms with van der Waals surface area (Å²) in [6.45, 7) is 3.36. The molecule has 2 aromatic rings. The van der Waals surface area contributed by atoms with Crippen LogP contribution in [0.4, 0.5) is 5.69 Å². The number of pyridine rings is 1. The van der Waals surface area contributed by atoms with Gasteiger partial charge in [0.25, 0.3) is 0 Å². The minimum absolute atomic E-state index is 0.208. The molecule has 0 aliphatic heterocycles. The van der Waals surface area contributed by atoms with Crippen molar-refractivity contribution in [2.24, 2.45) is 0 Å². The van der Waals surface area contributed by atoms with Gasteiger partial charge in [0.1, 0.15) is 12.4 Å². The third kappa shape index (κ3) is 5.85. The number of anilines is 1. The van der Waals surface area contributed by atoms with Gasteiger partial charge in [-0.05, 0) is 56.4 Å². The number of hydrogen-bond donors (Lipinski definition) is 1. The molecule has 1 N–H and O–H groups in total. The van der Waals surface area contributed by atoms with Gasteiger partial charge in [-0.25, -0.2) is 0 Å². The number of carbonyl (C=O) groups is 1. The fraction of sp³-hybridized carbons (Fsp3) is 0.263. The lowest BCUT2D eigenvalue weighted by molar-refractivity contribution is -0.111. The van der Waals surface area contributed by atoms with Crippen molar-refractivity contribution in [1.29, 1.82) is 0 Å². The van der Waals surface area contributed by atoms with Gasteiger partial charge in [-0.3, -0.25) is 9.78 Å². The van der Waals surface area contributed by atoms with Crippen LogP contribution in [0.2, 0.25) is 0 Å². The molecule has 126 valence electrons. The van der Waals surface area contributed by atoms with Crippen LogP contribution in [-0.2, 0) is 4.79 Å². The van der Waals surface area contributed by atoms with Crippen molar-refractivity contribution in [3.8, 4) is 5.75 Å². The Balaban J connectivity index is 2.02. The molecule has 0 bridgehead atoms. The fourth-order valence-corrected chi connectivity index (χ4v) is 2.01. The van der Waals surface area contributed by atoms with Crippen LogP contribution in [0.25, 0.3) is 6.08 Å². The van der Waals surface area contributed by atoms with Gasteiger partial charge in [0, 0.05) is 25.0 Å². The molecule has 5 heteroatoms. The smallest absolute Gasteiger partial charge is 0.248 e. The molecule has 0 saturated carbocycles. The first-order valence-corrected chi connectivity index (χ1v) is 7.82. The maximum Gasteiger partial charge on any atom is 0.248 e. The van der Waals surface area contributed by atoms with Crippen molar-refractivity contribution in [2.45, 2.75) is 6.92 Å². The minimum Gasteiger partial charge on any atom is -0.490 e. The van der Waals surface area contributed by atoms with Gasteiger partial charge in [0.2, 0.25) is 5.91 Å². The quantitative estimate of drug-likeness (QED) is 0.795. The molecule has 1 amide bonds. The number of aryl methyl sites for hydroxylation is 1. The minimum atomic E-state index is -0.208. The summed E-state index contributed by atoms with van der Waals surface area (Å²) < 4.78 is 5.80. The molecule has 5 nitrogen and oxygen atoms in total. The molecule has 0 spiro atoms. The predicted molar refractivity (Wildman–Crippen MR) is 97.1 cm³/mol. The zero-order valence-electron chi connectivity index (χ0n) is 14.3. The van der Waals surface area contributed by atoms with Gasteiger partial charge in [-0.2, -0.15) is 0 Å². The van der Waals surface area contributed by atoms with Crippen LogP contribution in [0.15, 0.2) is 48.8 Å². The van der Waals surface area contributed by atoms with Crippen LogP contribution in [0, 0.1) is 6.92 Å². The first-order chi connectivity index (χ1) is 11.5. The topological polar surface area (TPSA) is 54.5 Å². The molecular weight excluding hydrogens is 302 g/mol. The molecular formula is C19H23N3O2. The lowest BCUT2D eigenvalue weighted by Gasteiger charge is -2.14. The lowest BCUT2D eigenvalue weighted by atomic mass is 10.2. The van der Waals surface area contributed by atoms with E-state index in [2.05, 4.69) is 10.3 Å². The number of likely N-dealkylation sites (N-methyl/N-ethyl adjacent to an activating group) is 1. The van der Waals surface area contributed by atoms with Gasteiger partial charge in [-0.15, -0.1) is 0 Å². The van der Waals surface area contributed by atoms with Crippen molar-refractivity contribution in [1.82, 2.24) is 9.88 Å². The zero-order valence-corrected chi connectivity index (χ0v) is 14.3. The van der Waals surface area contributed by atoms with Gasteiger partial charge in [-0.1, -0.05) is 12.1 Å². The van der Waals surface area contributed by atoms with Crippen LogP contribution in [-0.4, -0.2) is 43.0 Å². The molecule has 2 rings (SSSR count). The maximum absolute atomic E-state index is 12.1. The molecule has 1 aromatic heterocycles. The Labute approximate surface area is 143 Å². The number of nitrogens with zero attached hydrogens (tertiary/aromatic N) is 2. The van der Waals surface area contributed by atoms with Crippen LogP contribution in [0.1, 0.15) is 11.1 Å². The molecule has 24 heavy (non-hydrogen) atoms. The largest absolute Gasteiger partial charge is 0.490 e. The molecule has 0 unspecified atom stereocenters. The molecule has 1 aromatic carbocycles. The molecule has 0 fully saturated rings. The third-order valence-corrected chi connectivity index (χ3v) is 3.30. The molecule has 0 atom stereocenters. The van der Waals surface area contributed by atoms with Gasteiger partial charge in [0.15, 0.2) is 0 Å². The number of hydrogen-bond acceptors (Lipinski definition) is 4. The van der Waals surface area contributed by atoms with Crippen molar-refractivity contribution in [3.05, 3.63) is 59.9 Å². The number of nitrogens with one attached hydrogen (secondary N) is 1. The van der Waals surface area contributed by atoms with Crippen LogP contribution < -0.4 is 10.1 Å². The van der Waals surface area contributed by atoms with E-state index in [9.17, 15) is 4.79 Å². The van der Waals surface area contributed by atoms with Crippen LogP contribution in [0.5, 0.6) is 5.75 Å². The van der Waals surface area contributed by atoms with Gasteiger partial charge < -0.3 is 15.0 Å². The van der Waals surface area contributed by atoms with Crippen molar-refractivity contribution < 1.29 is 9.53 Å². The summed E-state index contributed by atoms with van der Waals surface area (Å²) in [5, 5.41) is 2.86. The summed E-state index contributed by atoms with van der Waals surface area (Å²) in [6, 6.07) is 9.44. The highest BCUT2D eigenvalue weighted by Gasteiger charge is 2.07. The highest BCUT2D eigenvalue weighted by atomic mass is 16.5. The highest BCUT2D eigenvalue weighted by Crippen LogP contribution is 2.25. The van der Waals surface area contributed by atoms with Crippen molar-refractivity contribution in [2.75, 3.05) is 32.6 Å². The Morgan fingerprint density at radius 3 is 2.88 bits per heavy atom. The lowest BCUT2D eigenvalue weighted by Crippen LogP contribution is -2.20. The van der Waals surface area contributed by atoms with E-state index in [1.807, 2.05) is 56.3 Å². The second-order valence-corrected chi connectivity index (χ2v) is 5.76. The van der Waals surface area contributed by atoms with Crippen molar-refractivity contribution >= 4 is 17.7 Å². The van der Waals surface area contributed by atoms with E-state index in [4.69, 9.17) is 4.74 Å². The van der Waals surface area contributed by atoms with E-state index in [0.29, 0.717) is 18.0 Å². The van der Waals surface area contributed by atoms with Crippen molar-refractivity contribution in [3.63, 3.8) is 0 Å². The molecule has 0 radical (unpaired) electrons. The normalized spacial score (nSPS) is 11.0. The van der Waals surface area contributed by atoms with E-state index >= 15 is 0 Å². The Kier molecular flexibility index (Phi) is 6.51. The number of aromatic nitrogens is 1. The third-order valence-electron chi connectivity index (χ3n) is 3.30. The number of carbonyl (C=O) groups excluding carboxylic acids is 1. The van der Waals surface area contributed by atoms with Crippen LogP contribution >= 0.6 is 0 Å². The summed E-state index contributed by atoms with van der Waals surface area (Å²) in [4.78, 5) is 18.2. The standard InChI is InChI=1S/C19H23N3O2/c1-15-6-8-17(18(13-15)24-12-11-22(2)3)21-19(23)9-7-16-5-4-10-20-14-16/h4-10,13-14H,11-12H2,1-3H3,(H,21,23). The van der Waals surface area contributed by atoms with E-state index in [1.165, 1.54) is 6.08 Å². The Bertz CT molecular complexity index is 697. The Morgan fingerprint density at radius 1 is 1.33 bits per heavy atom. The number of amides is 1. The van der Waals surface area contributed by atoms with E-state index in [-0.39, 0.29) is 5.91 Å². The second-order valence-electron chi connectivity index (χ2n) is 5.76. The summed E-state index contributed by atoms with van der Waals surface area (Å²) in [7, 11) is 3.98. The van der Waals surface area contributed by atoms with Gasteiger partial charge >= 0.3 is 0 Å². The van der Waals surface area contributed by atoms with Gasteiger partial charge in [0.05, 0.1) is 5.69 Å². The monoisotopic (exact) mass is 325 g/mol. The number of ether oxygens (including phenoxy) is 1. The zero-order chi connectivity index (χ0) is 17.4. The van der Waals surface area contributed by atoms with E-state index in [1.54, 1.807) is 18.5 Å². The summed E-state index contributed by atoms with van der Waals surface area (Å²) >= 11 is 0. The summed E-state index contributed by atoms with van der Waals surface area (Å²) in [6.07, 6.45) is 6.61. The number of rotatable bonds is 7. The SMILES string of the molecule is Cc1ccc(NC(=O)C=Cc2cccnc2)c(OCCN(C)C)c1. The summed E-state index contributed by atoms with van der Waals surface area (Å²) in [5.74, 6) is 0.472. The molecule has 0 aliphatic carbocycles. The molecule has 0 aliphatic rings. The van der Waals surface area contributed by atoms with Crippen LogP contribution in [0.3, 0.4) is 0 Å². The average molecular weight is 325 g/mol. The average Bonchev–Trinajstić information content (AvgIpc) is 2.56. The second kappa shape index (κ2) is 8.84.